The second kappa shape index (κ2) is 19.0. The number of imide groups is 1. The topological polar surface area (TPSA) is 189 Å². The zero-order chi connectivity index (χ0) is 35.1. The van der Waals surface area contributed by atoms with Crippen LogP contribution in [-0.4, -0.2) is 82.4 Å². The van der Waals surface area contributed by atoms with Gasteiger partial charge in [0.15, 0.2) is 0 Å². The highest BCUT2D eigenvalue weighted by atomic mass is 16.8. The minimum Gasteiger partial charge on any atom is -0.481 e. The van der Waals surface area contributed by atoms with Crippen molar-refractivity contribution in [2.24, 2.45) is 23.7 Å². The Morgan fingerprint density at radius 1 is 0.729 bits per heavy atom. The van der Waals surface area contributed by atoms with E-state index in [1.54, 1.807) is 24.3 Å². The average molecular weight is 670 g/mol. The molecule has 48 heavy (non-hydrogen) atoms. The first-order chi connectivity index (χ1) is 23.0. The molecule has 0 saturated carbocycles. The normalized spacial score (nSPS) is 21.4. The lowest BCUT2D eigenvalue weighted by atomic mass is 9.94. The molecule has 2 aromatic carbocycles. The van der Waals surface area contributed by atoms with Gasteiger partial charge in [0, 0.05) is 32.5 Å². The van der Waals surface area contributed by atoms with E-state index in [-0.39, 0.29) is 44.4 Å². The van der Waals surface area contributed by atoms with E-state index in [9.17, 15) is 28.8 Å². The van der Waals surface area contributed by atoms with Gasteiger partial charge in [-0.15, -0.1) is 0 Å². The molecule has 3 fully saturated rings. The maximum atomic E-state index is 12.0. The number of nitrogens with zero attached hydrogens (tertiary/aromatic N) is 2. The van der Waals surface area contributed by atoms with E-state index < -0.39 is 41.9 Å². The maximum Gasteiger partial charge on any atom is 0.534 e. The molecule has 0 radical (unpaired) electrons. The summed E-state index contributed by atoms with van der Waals surface area (Å²) in [6.45, 7) is 6.43. The number of ether oxygens (including phenoxy) is 2. The molecule has 3 N–H and O–H groups in total. The number of hydrogen-bond acceptors (Lipinski definition) is 10. The molecule has 3 aliphatic rings. The molecule has 3 saturated heterocycles. The van der Waals surface area contributed by atoms with Crippen LogP contribution in [0, 0.1) is 23.7 Å². The summed E-state index contributed by atoms with van der Waals surface area (Å²) >= 11 is 0. The van der Waals surface area contributed by atoms with Gasteiger partial charge in [-0.1, -0.05) is 92.4 Å². The first kappa shape index (κ1) is 37.5. The molecule has 260 valence electrons. The fourth-order valence-corrected chi connectivity index (χ4v) is 5.45. The van der Waals surface area contributed by atoms with E-state index in [1.807, 2.05) is 50.2 Å². The molecule has 5 rings (SSSR count). The molecule has 3 amide bonds. The van der Waals surface area contributed by atoms with Gasteiger partial charge in [-0.05, 0) is 29.5 Å². The van der Waals surface area contributed by atoms with E-state index >= 15 is 0 Å². The molecule has 4 atom stereocenters. The SMILES string of the molecule is CCC1CN(C(=O)OCc2ccccc2)CC1C(=O)O.CCC1CNCC1C(=O)O.O=C(OCc1ccccc1)ON1C(=O)CCC1=O. The van der Waals surface area contributed by atoms with Crippen LogP contribution in [0.2, 0.25) is 0 Å². The van der Waals surface area contributed by atoms with Crippen LogP contribution in [0.4, 0.5) is 9.59 Å². The van der Waals surface area contributed by atoms with Crippen LogP contribution in [0.3, 0.4) is 0 Å². The van der Waals surface area contributed by atoms with Gasteiger partial charge in [-0.25, -0.2) is 9.59 Å². The zero-order valence-electron chi connectivity index (χ0n) is 27.1. The van der Waals surface area contributed by atoms with Gasteiger partial charge in [0.25, 0.3) is 11.8 Å². The summed E-state index contributed by atoms with van der Waals surface area (Å²) in [5.41, 5.74) is 1.70. The van der Waals surface area contributed by atoms with E-state index in [1.165, 1.54) is 4.90 Å². The third-order valence-electron chi connectivity index (χ3n) is 8.30. The number of likely N-dealkylation sites (tertiary alicyclic amines) is 1. The molecule has 3 aliphatic heterocycles. The van der Waals surface area contributed by atoms with Gasteiger partial charge in [-0.3, -0.25) is 24.0 Å². The Labute approximate surface area is 278 Å². The molecule has 2 aromatic rings. The molecule has 4 unspecified atom stereocenters. The van der Waals surface area contributed by atoms with Crippen molar-refractivity contribution in [3.63, 3.8) is 0 Å². The summed E-state index contributed by atoms with van der Waals surface area (Å²) in [7, 11) is 0. The number of rotatable bonds is 9. The summed E-state index contributed by atoms with van der Waals surface area (Å²) in [4.78, 5) is 73.3. The second-order valence-electron chi connectivity index (χ2n) is 11.5. The fourth-order valence-electron chi connectivity index (χ4n) is 5.45. The third kappa shape index (κ3) is 11.4. The number of hydroxylamine groups is 2. The predicted octanol–water partition coefficient (Wildman–Crippen LogP) is 4.09. The Morgan fingerprint density at radius 3 is 1.71 bits per heavy atom. The third-order valence-corrected chi connectivity index (χ3v) is 8.30. The van der Waals surface area contributed by atoms with E-state index in [4.69, 9.17) is 19.7 Å². The summed E-state index contributed by atoms with van der Waals surface area (Å²) in [5, 5.41) is 21.3. The number of nitrogens with one attached hydrogen (secondary N) is 1. The van der Waals surface area contributed by atoms with Gasteiger partial charge < -0.3 is 29.9 Å². The summed E-state index contributed by atoms with van der Waals surface area (Å²) < 4.78 is 10.0. The van der Waals surface area contributed by atoms with Crippen molar-refractivity contribution >= 4 is 36.0 Å². The van der Waals surface area contributed by atoms with Gasteiger partial charge in [0.1, 0.15) is 13.2 Å². The highest BCUT2D eigenvalue weighted by molar-refractivity contribution is 6.01. The standard InChI is InChI=1S/C15H19NO4.C12H11NO5.C7H13NO2/c1-2-12-8-16(9-13(12)14(17)18)15(19)20-10-11-6-4-3-5-7-11;14-10-6-7-11(15)13(10)18-12(16)17-8-9-4-2-1-3-5-9;1-2-5-3-8-4-6(5)7(9)10/h3-7,12-13H,2,8-10H2,1H3,(H,17,18);1-5H,6-8H2;5-6,8H,2-4H2,1H3,(H,9,10). The van der Waals surface area contributed by atoms with Crippen molar-refractivity contribution in [3.8, 4) is 0 Å². The molecule has 3 heterocycles. The Morgan fingerprint density at radius 2 is 1.25 bits per heavy atom. The molecule has 14 nitrogen and oxygen atoms in total. The number of amides is 3. The van der Waals surface area contributed by atoms with Crippen molar-refractivity contribution in [2.75, 3.05) is 26.2 Å². The molecule has 14 heteroatoms. The Kier molecular flexibility index (Phi) is 14.8. The number of carboxylic acids is 2. The first-order valence-corrected chi connectivity index (χ1v) is 15.9. The molecular weight excluding hydrogens is 626 g/mol. The minimum atomic E-state index is -1.07. The zero-order valence-corrected chi connectivity index (χ0v) is 27.1. The molecule has 0 spiro atoms. The maximum absolute atomic E-state index is 12.0. The van der Waals surface area contributed by atoms with Crippen LogP contribution in [0.25, 0.3) is 0 Å². The number of benzene rings is 2. The van der Waals surface area contributed by atoms with Crippen LogP contribution in [-0.2, 0) is 46.7 Å². The Balaban J connectivity index is 0.000000206. The largest absolute Gasteiger partial charge is 0.534 e. The van der Waals surface area contributed by atoms with E-state index in [2.05, 4.69) is 10.2 Å². The Hall–Kier alpha value is -4.98. The van der Waals surface area contributed by atoms with Crippen molar-refractivity contribution in [3.05, 3.63) is 71.8 Å². The lowest BCUT2D eigenvalue weighted by Crippen LogP contribution is -2.32. The van der Waals surface area contributed by atoms with Crippen molar-refractivity contribution in [2.45, 2.75) is 52.7 Å². The number of hydrogen-bond donors (Lipinski definition) is 3. The number of carboxylic acid groups (broad SMARTS) is 2. The van der Waals surface area contributed by atoms with E-state index in [0.717, 1.165) is 30.5 Å². The Bertz CT molecular complexity index is 1370. The summed E-state index contributed by atoms with van der Waals surface area (Å²) in [5.74, 6) is -2.83. The number of carbonyl (C=O) groups excluding carboxylic acids is 4. The highest BCUT2D eigenvalue weighted by Gasteiger charge is 2.39. The van der Waals surface area contributed by atoms with Crippen molar-refractivity contribution in [1.82, 2.24) is 15.3 Å². The smallest absolute Gasteiger partial charge is 0.481 e. The van der Waals surface area contributed by atoms with Crippen LogP contribution in [0.15, 0.2) is 60.7 Å². The van der Waals surface area contributed by atoms with Gasteiger partial charge >= 0.3 is 24.2 Å². The monoisotopic (exact) mass is 669 g/mol. The number of carbonyl (C=O) groups is 6. The van der Waals surface area contributed by atoms with Gasteiger partial charge in [0.05, 0.1) is 11.8 Å². The summed E-state index contributed by atoms with van der Waals surface area (Å²) in [6, 6.07) is 18.4. The van der Waals surface area contributed by atoms with Crippen molar-refractivity contribution in [1.29, 1.82) is 0 Å². The quantitative estimate of drug-likeness (QED) is 0.257. The van der Waals surface area contributed by atoms with Crippen LogP contribution >= 0.6 is 0 Å². The molecular formula is C34H43N3O11. The van der Waals surface area contributed by atoms with Crippen molar-refractivity contribution < 1.29 is 53.3 Å². The highest BCUT2D eigenvalue weighted by Crippen LogP contribution is 2.27. The molecule has 0 aliphatic carbocycles. The molecule has 0 bridgehead atoms. The predicted molar refractivity (Wildman–Crippen MR) is 170 cm³/mol. The van der Waals surface area contributed by atoms with Gasteiger partial charge in [0.2, 0.25) is 0 Å². The second-order valence-corrected chi connectivity index (χ2v) is 11.5. The van der Waals surface area contributed by atoms with Crippen LogP contribution in [0.1, 0.15) is 50.7 Å². The van der Waals surface area contributed by atoms with E-state index in [0.29, 0.717) is 24.1 Å². The van der Waals surface area contributed by atoms with Gasteiger partial charge in [-0.2, -0.15) is 0 Å². The lowest BCUT2D eigenvalue weighted by Gasteiger charge is -2.15. The van der Waals surface area contributed by atoms with Crippen LogP contribution < -0.4 is 5.32 Å². The van der Waals surface area contributed by atoms with Crippen LogP contribution in [0.5, 0.6) is 0 Å². The first-order valence-electron chi connectivity index (χ1n) is 15.9. The molecule has 0 aromatic heterocycles. The minimum absolute atomic E-state index is 0.0109. The summed E-state index contributed by atoms with van der Waals surface area (Å²) in [6.07, 6.45) is 0.331. The average Bonchev–Trinajstić information content (AvgIpc) is 3.84. The lowest BCUT2D eigenvalue weighted by molar-refractivity contribution is -0.177. The fraction of sp³-hybridized carbons (Fsp3) is 0.471. The number of aliphatic carboxylic acids is 2.